The van der Waals surface area contributed by atoms with Crippen LogP contribution >= 0.6 is 11.3 Å². The molecule has 5 aromatic carbocycles. The molecule has 0 N–H and O–H groups in total. The molecule has 9 nitrogen and oxygen atoms in total. The number of rotatable bonds is 25. The summed E-state index contributed by atoms with van der Waals surface area (Å²) < 4.78 is 40.4. The van der Waals surface area contributed by atoms with Gasteiger partial charge in [-0.3, -0.25) is 4.57 Å². The third-order valence-corrected chi connectivity index (χ3v) is 15.3. The van der Waals surface area contributed by atoms with Crippen molar-refractivity contribution in [1.29, 1.82) is 0 Å². The number of ether oxygens (including phenoxy) is 6. The standard InChI is InChI=1S/C58H65N3O6S/c1-3-57(38-66-39-57)36-64-29-15-7-13-27-62-34-42-21-23-50-46(31-42)54-51(61(50)56-59-48(44-17-9-5-10-18-44)33-49(60-56)45-19-11-6-12-20-45)24-26-53-55(54)47-32-43(22-25-52(47)68-53)35-63-28-14-8-16-30-65-37-58(4-2)40-67-41-58/h5-6,9-12,17-26,31-33H,3-4,7-8,13-16,27-30,34-41H2,1-2H3. The minimum atomic E-state index is 0.238. The van der Waals surface area contributed by atoms with Gasteiger partial charge >= 0.3 is 0 Å². The molecule has 0 unspecified atom stereocenters. The number of unbranched alkanes of at least 4 members (excludes halogenated alkanes) is 4. The second kappa shape index (κ2) is 21.7. The van der Waals surface area contributed by atoms with Gasteiger partial charge in [-0.05, 0) is 105 Å². The molecule has 2 aliphatic heterocycles. The van der Waals surface area contributed by atoms with Crippen molar-refractivity contribution in [1.82, 2.24) is 14.5 Å². The minimum Gasteiger partial charge on any atom is -0.381 e. The highest BCUT2D eigenvalue weighted by Gasteiger charge is 2.37. The first-order valence-corrected chi connectivity index (χ1v) is 25.7. The first-order valence-electron chi connectivity index (χ1n) is 24.9. The van der Waals surface area contributed by atoms with Crippen molar-refractivity contribution < 1.29 is 28.4 Å². The molecule has 2 aliphatic rings. The van der Waals surface area contributed by atoms with Crippen molar-refractivity contribution >= 4 is 53.3 Å². The molecule has 354 valence electrons. The van der Waals surface area contributed by atoms with E-state index in [-0.39, 0.29) is 10.8 Å². The van der Waals surface area contributed by atoms with Gasteiger partial charge in [-0.25, -0.2) is 9.97 Å². The lowest BCUT2D eigenvalue weighted by Crippen LogP contribution is -2.45. The highest BCUT2D eigenvalue weighted by molar-refractivity contribution is 7.26. The van der Waals surface area contributed by atoms with Crippen LogP contribution < -0.4 is 0 Å². The molecule has 0 bridgehead atoms. The van der Waals surface area contributed by atoms with Crippen LogP contribution in [0.25, 0.3) is 70.4 Å². The van der Waals surface area contributed by atoms with Crippen LogP contribution in [-0.4, -0.2) is 80.6 Å². The van der Waals surface area contributed by atoms with Gasteiger partial charge in [-0.15, -0.1) is 11.3 Å². The average Bonchev–Trinajstić information content (AvgIpc) is 3.89. The normalized spacial score (nSPS) is 15.4. The van der Waals surface area contributed by atoms with E-state index >= 15 is 0 Å². The molecule has 8 aromatic rings. The fourth-order valence-electron chi connectivity index (χ4n) is 9.60. The van der Waals surface area contributed by atoms with Crippen molar-refractivity contribution in [2.45, 2.75) is 78.4 Å². The maximum Gasteiger partial charge on any atom is 0.235 e. The van der Waals surface area contributed by atoms with E-state index in [9.17, 15) is 0 Å². The van der Waals surface area contributed by atoms with Gasteiger partial charge in [0.05, 0.1) is 75.3 Å². The van der Waals surface area contributed by atoms with E-state index in [1.807, 2.05) is 23.5 Å². The monoisotopic (exact) mass is 931 g/mol. The lowest BCUT2D eigenvalue weighted by Gasteiger charge is -2.40. The highest BCUT2D eigenvalue weighted by Crippen LogP contribution is 2.44. The zero-order chi connectivity index (χ0) is 46.2. The molecule has 3 aromatic heterocycles. The van der Waals surface area contributed by atoms with Crippen LogP contribution in [0.3, 0.4) is 0 Å². The molecule has 2 saturated heterocycles. The predicted octanol–water partition coefficient (Wildman–Crippen LogP) is 13.5. The number of aromatic nitrogens is 3. The molecule has 10 rings (SSSR count). The minimum absolute atomic E-state index is 0.238. The Morgan fingerprint density at radius 3 is 1.54 bits per heavy atom. The maximum atomic E-state index is 6.36. The van der Waals surface area contributed by atoms with Crippen molar-refractivity contribution in [3.05, 3.63) is 126 Å². The molecule has 68 heavy (non-hydrogen) atoms. The lowest BCUT2D eigenvalue weighted by atomic mass is 9.84. The molecule has 0 amide bonds. The Labute approximate surface area is 404 Å². The number of thiophene rings is 1. The van der Waals surface area contributed by atoms with E-state index in [0.29, 0.717) is 25.8 Å². The summed E-state index contributed by atoms with van der Waals surface area (Å²) in [5.74, 6) is 0.640. The smallest absolute Gasteiger partial charge is 0.235 e. The summed E-state index contributed by atoms with van der Waals surface area (Å²) in [6, 6.07) is 41.1. The second-order valence-electron chi connectivity index (χ2n) is 19.1. The molecule has 0 atom stereocenters. The van der Waals surface area contributed by atoms with E-state index in [1.165, 1.54) is 31.1 Å². The summed E-state index contributed by atoms with van der Waals surface area (Å²) >= 11 is 1.84. The van der Waals surface area contributed by atoms with Gasteiger partial charge in [-0.2, -0.15) is 0 Å². The predicted molar refractivity (Wildman–Crippen MR) is 276 cm³/mol. The first kappa shape index (κ1) is 46.7. The number of fused-ring (bicyclic) bond motifs is 7. The van der Waals surface area contributed by atoms with E-state index in [4.69, 9.17) is 38.4 Å². The van der Waals surface area contributed by atoms with E-state index in [0.717, 1.165) is 155 Å². The van der Waals surface area contributed by atoms with Gasteiger partial charge in [0, 0.05) is 79.3 Å². The average molecular weight is 932 g/mol. The lowest BCUT2D eigenvalue weighted by molar-refractivity contribution is -0.150. The molecule has 2 fully saturated rings. The van der Waals surface area contributed by atoms with Gasteiger partial charge in [0.1, 0.15) is 0 Å². The fraction of sp³-hybridized carbons (Fsp3) is 0.414. The third kappa shape index (κ3) is 10.3. The summed E-state index contributed by atoms with van der Waals surface area (Å²) in [4.78, 5) is 10.7. The van der Waals surface area contributed by atoms with E-state index < -0.39 is 0 Å². The number of benzene rings is 5. The van der Waals surface area contributed by atoms with Crippen molar-refractivity contribution in [2.24, 2.45) is 10.8 Å². The molecule has 0 radical (unpaired) electrons. The number of hydrogen-bond acceptors (Lipinski definition) is 9. The molecule has 0 aliphatic carbocycles. The zero-order valence-corrected chi connectivity index (χ0v) is 40.6. The Kier molecular flexibility index (Phi) is 14.9. The highest BCUT2D eigenvalue weighted by atomic mass is 32.1. The molecule has 10 heteroatoms. The van der Waals surface area contributed by atoms with Crippen molar-refractivity contribution in [3.8, 4) is 28.5 Å². The molecule has 0 spiro atoms. The summed E-state index contributed by atoms with van der Waals surface area (Å²) in [5, 5.41) is 4.87. The fourth-order valence-corrected chi connectivity index (χ4v) is 10.7. The topological polar surface area (TPSA) is 86.1 Å². The number of hydrogen-bond donors (Lipinski definition) is 0. The maximum absolute atomic E-state index is 6.36. The van der Waals surface area contributed by atoms with Gasteiger partial charge < -0.3 is 28.4 Å². The SMILES string of the molecule is CCC1(COCCCCCOCc2ccc3sc4ccc5c(c6cc(COCCCCCOCC7(CC)COC7)ccc6n5-c5nc(-c6ccccc6)cc(-c6ccccc6)n5)c4c3c2)COC1. The van der Waals surface area contributed by atoms with Gasteiger partial charge in [0.25, 0.3) is 0 Å². The van der Waals surface area contributed by atoms with Crippen LogP contribution in [0, 0.1) is 10.8 Å². The first-order chi connectivity index (χ1) is 33.5. The summed E-state index contributed by atoms with van der Waals surface area (Å²) in [5.41, 5.74) is 8.79. The quantitative estimate of drug-likeness (QED) is 0.0524. The van der Waals surface area contributed by atoms with Crippen molar-refractivity contribution in [2.75, 3.05) is 66.1 Å². The van der Waals surface area contributed by atoms with Crippen molar-refractivity contribution in [3.63, 3.8) is 0 Å². The van der Waals surface area contributed by atoms with Gasteiger partial charge in [0.2, 0.25) is 5.95 Å². The van der Waals surface area contributed by atoms with Crippen LogP contribution in [-0.2, 0) is 41.6 Å². The zero-order valence-electron chi connectivity index (χ0n) is 39.8. The van der Waals surface area contributed by atoms with Gasteiger partial charge in [0.15, 0.2) is 0 Å². The summed E-state index contributed by atoms with van der Waals surface area (Å²) in [6.07, 6.45) is 8.51. The Morgan fingerprint density at radius 2 is 1.01 bits per heavy atom. The molecular formula is C58H65N3O6S. The Balaban J connectivity index is 0.917. The molecule has 5 heterocycles. The molecule has 0 saturated carbocycles. The van der Waals surface area contributed by atoms with Crippen LogP contribution in [0.15, 0.2) is 115 Å². The molecular weight excluding hydrogens is 867 g/mol. The van der Waals surface area contributed by atoms with Crippen LogP contribution in [0.4, 0.5) is 0 Å². The third-order valence-electron chi connectivity index (χ3n) is 14.2. The Morgan fingerprint density at radius 1 is 0.515 bits per heavy atom. The second-order valence-corrected chi connectivity index (χ2v) is 20.2. The summed E-state index contributed by atoms with van der Waals surface area (Å²) in [7, 11) is 0. The van der Waals surface area contributed by atoms with Crippen LogP contribution in [0.5, 0.6) is 0 Å². The Bertz CT molecular complexity index is 2850. The van der Waals surface area contributed by atoms with Crippen LogP contribution in [0.2, 0.25) is 0 Å². The van der Waals surface area contributed by atoms with Crippen LogP contribution in [0.1, 0.15) is 76.3 Å². The van der Waals surface area contributed by atoms with E-state index in [1.54, 1.807) is 0 Å². The Hall–Kier alpha value is -5.04. The van der Waals surface area contributed by atoms with E-state index in [2.05, 4.69) is 122 Å². The van der Waals surface area contributed by atoms with Gasteiger partial charge in [-0.1, -0.05) is 86.6 Å². The largest absolute Gasteiger partial charge is 0.381 e. The number of nitrogens with zero attached hydrogens (tertiary/aromatic N) is 3. The summed E-state index contributed by atoms with van der Waals surface area (Å²) in [6.45, 7) is 13.5.